The largest absolute Gasteiger partial charge is 0.450 e. The van der Waals surface area contributed by atoms with E-state index in [0.717, 1.165) is 50.1 Å². The zero-order valence-corrected chi connectivity index (χ0v) is 67.3. The van der Waals surface area contributed by atoms with Gasteiger partial charge >= 0.3 is 5.97 Å². The molecule has 2 heterocycles. The predicted octanol–water partition coefficient (Wildman–Crippen LogP) is 17.9. The molecule has 0 spiro atoms. The second-order valence-corrected chi connectivity index (χ2v) is 35.6. The van der Waals surface area contributed by atoms with Crippen LogP contribution in [0.5, 0.6) is 0 Å². The van der Waals surface area contributed by atoms with Gasteiger partial charge in [0.25, 0.3) is 0 Å². The zero-order chi connectivity index (χ0) is 79.4. The lowest BCUT2D eigenvalue weighted by atomic mass is 9.83. The maximum Gasteiger partial charge on any atom is 0.338 e. The Balaban J connectivity index is 1.00. The first-order valence-corrected chi connectivity index (χ1v) is 42.8. The Morgan fingerprint density at radius 1 is 0.322 bits per heavy atom. The fourth-order valence-electron chi connectivity index (χ4n) is 14.3. The molecule has 13 rings (SSSR count). The summed E-state index contributed by atoms with van der Waals surface area (Å²) in [5.74, 6) is -0.665. The third-order valence-corrected chi connectivity index (χ3v) is 26.0. The minimum absolute atomic E-state index is 0.0235. The van der Waals surface area contributed by atoms with Gasteiger partial charge in [0.15, 0.2) is 27.0 Å². The van der Waals surface area contributed by atoms with Crippen molar-refractivity contribution in [1.29, 1.82) is 0 Å². The summed E-state index contributed by atoms with van der Waals surface area (Å²) in [4.78, 5) is 15.4. The lowest BCUT2D eigenvalue weighted by molar-refractivity contribution is -0.380. The number of esters is 1. The molecule has 1 aliphatic carbocycles. The van der Waals surface area contributed by atoms with Crippen LogP contribution in [0, 0.1) is 0 Å². The highest BCUT2D eigenvalue weighted by Crippen LogP contribution is 2.43. The molecular weight excluding hydrogens is 1470 g/mol. The van der Waals surface area contributed by atoms with Crippen molar-refractivity contribution >= 4 is 14.3 Å². The monoisotopic (exact) mass is 1570 g/mol. The first-order chi connectivity index (χ1) is 56.3. The first-order valence-electron chi connectivity index (χ1n) is 39.9. The molecule has 602 valence electrons. The van der Waals surface area contributed by atoms with Crippen LogP contribution in [0.25, 0.3) is 0 Å². The smallest absolute Gasteiger partial charge is 0.338 e. The van der Waals surface area contributed by atoms with Crippen LogP contribution in [0.15, 0.2) is 316 Å². The van der Waals surface area contributed by atoms with E-state index in [9.17, 15) is 0 Å². The van der Waals surface area contributed by atoms with Crippen molar-refractivity contribution in [2.24, 2.45) is 0 Å². The molecule has 0 amide bonds. The van der Waals surface area contributed by atoms with Crippen molar-refractivity contribution in [3.8, 4) is 0 Å². The van der Waals surface area contributed by atoms with Crippen LogP contribution in [-0.2, 0) is 135 Å². The summed E-state index contributed by atoms with van der Waals surface area (Å²) < 4.78 is 119. The summed E-state index contributed by atoms with van der Waals surface area (Å²) in [5.41, 5.74) is 8.32. The predicted molar refractivity (Wildman–Crippen MR) is 442 cm³/mol. The molecule has 0 aromatic heterocycles. The van der Waals surface area contributed by atoms with Gasteiger partial charge in [-0.3, -0.25) is 0 Å². The highest BCUT2D eigenvalue weighted by atomic mass is 28.4. The van der Waals surface area contributed by atoms with E-state index < -0.39 is 112 Å². The van der Waals surface area contributed by atoms with Gasteiger partial charge in [-0.1, -0.05) is 318 Å². The van der Waals surface area contributed by atoms with Gasteiger partial charge in [0.05, 0.1) is 84.8 Å². The Kier molecular flexibility index (Phi) is 31.2. The minimum Gasteiger partial charge on any atom is -0.450 e. The second kappa shape index (κ2) is 42.8. The molecule has 1 saturated carbocycles. The molecule has 0 radical (unpaired) electrons. The molecule has 0 N–H and O–H groups in total. The van der Waals surface area contributed by atoms with Crippen LogP contribution in [0.4, 0.5) is 0 Å². The fourth-order valence-corrected chi connectivity index (χ4v) is 15.3. The van der Waals surface area contributed by atoms with Gasteiger partial charge in [-0.15, -0.1) is 6.58 Å². The van der Waals surface area contributed by atoms with Gasteiger partial charge in [-0.05, 0) is 80.3 Å². The van der Waals surface area contributed by atoms with Crippen LogP contribution in [0.1, 0.15) is 81.2 Å². The highest BCUT2D eigenvalue weighted by Gasteiger charge is 2.61. The third-order valence-electron chi connectivity index (χ3n) is 21.5. The average Bonchev–Trinajstić information content (AvgIpc) is 0.740. The molecule has 0 bridgehead atoms. The van der Waals surface area contributed by atoms with Crippen molar-refractivity contribution in [3.63, 3.8) is 0 Å². The van der Waals surface area contributed by atoms with Gasteiger partial charge in [0, 0.05) is 0 Å². The standard InChI is InChI=1S/C97H108O17Si/c1-7-58-100-89-90(113-95-92(108-67-78-54-34-16-35-55-78)84(103-62-73-44-24-11-25-45-73)82(101-60-71-40-20-9-21-41-71)80(110-95)68-99-59-70-38-18-8-19-39-70)87(106-65-76-50-30-14-31-51-76)86(105-64-75-48-28-13-29-49-75)88(107-66-77-52-32-15-33-53-77)91(89)114-96-93(112-94(98)79-56-36-17-37-57-79)85(104-63-74-46-26-12-27-47-74)83(102-61-72-42-22-10-23-43-72)81(111-96)69-109-115(5,6)97(2,3)4/h7-57,80-93,95-96H,1,58-69H2,2-6H3/t80-,81-,82-,83-,84+,85+,86+,87+,88-,89+,90-,91-,92+,93+,95-,96-/m1/s1. The van der Waals surface area contributed by atoms with E-state index in [1.165, 1.54) is 0 Å². The summed E-state index contributed by atoms with van der Waals surface area (Å²) in [6, 6.07) is 98.4. The normalized spacial score (nSPS) is 24.4. The molecule has 17 nitrogen and oxygen atoms in total. The van der Waals surface area contributed by atoms with Crippen LogP contribution in [-0.4, -0.2) is 132 Å². The van der Waals surface area contributed by atoms with Crippen LogP contribution < -0.4 is 0 Å². The molecule has 16 atom stereocenters. The van der Waals surface area contributed by atoms with Crippen LogP contribution >= 0.6 is 0 Å². The maximum atomic E-state index is 15.4. The van der Waals surface area contributed by atoms with E-state index in [4.69, 9.17) is 75.5 Å². The van der Waals surface area contributed by atoms with Crippen molar-refractivity contribution in [1.82, 2.24) is 0 Å². The van der Waals surface area contributed by atoms with Gasteiger partial charge < -0.3 is 75.5 Å². The quantitative estimate of drug-likeness (QED) is 0.0202. The Morgan fingerprint density at radius 3 is 0.896 bits per heavy atom. The number of hydrogen-bond donors (Lipinski definition) is 0. The summed E-state index contributed by atoms with van der Waals surface area (Å²) in [7, 11) is -2.61. The molecule has 3 aliphatic rings. The maximum absolute atomic E-state index is 15.4. The Labute approximate surface area is 678 Å². The van der Waals surface area contributed by atoms with Crippen LogP contribution in [0.3, 0.4) is 0 Å². The molecule has 3 fully saturated rings. The van der Waals surface area contributed by atoms with Gasteiger partial charge in [-0.2, -0.15) is 0 Å². The molecule has 115 heavy (non-hydrogen) atoms. The summed E-state index contributed by atoms with van der Waals surface area (Å²) in [6.45, 7) is 16.4. The first kappa shape index (κ1) is 84.0. The molecule has 10 aromatic rings. The number of carbonyl (C=O) groups is 1. The van der Waals surface area contributed by atoms with Crippen molar-refractivity contribution in [2.45, 2.75) is 196 Å². The summed E-state index contributed by atoms with van der Waals surface area (Å²) in [5, 5.41) is -0.230. The molecule has 0 unspecified atom stereocenters. The van der Waals surface area contributed by atoms with Gasteiger partial charge in [0.1, 0.15) is 79.4 Å². The van der Waals surface area contributed by atoms with Crippen molar-refractivity contribution in [3.05, 3.63) is 372 Å². The van der Waals surface area contributed by atoms with Crippen molar-refractivity contribution < 1.29 is 80.3 Å². The number of benzene rings is 10. The highest BCUT2D eigenvalue weighted by molar-refractivity contribution is 6.74. The molecule has 2 aliphatic heterocycles. The van der Waals surface area contributed by atoms with E-state index >= 15 is 4.79 Å². The van der Waals surface area contributed by atoms with Crippen LogP contribution in [0.2, 0.25) is 18.1 Å². The Bertz CT molecular complexity index is 4410. The molecule has 10 aromatic carbocycles. The lowest BCUT2D eigenvalue weighted by Crippen LogP contribution is -2.71. The third kappa shape index (κ3) is 23.9. The van der Waals surface area contributed by atoms with E-state index in [1.807, 2.05) is 279 Å². The summed E-state index contributed by atoms with van der Waals surface area (Å²) in [6.07, 6.45) is -16.6. The number of hydrogen-bond acceptors (Lipinski definition) is 17. The number of ether oxygens (including phenoxy) is 15. The molecule has 2 saturated heterocycles. The molecule has 18 heteroatoms. The summed E-state index contributed by atoms with van der Waals surface area (Å²) >= 11 is 0. The van der Waals surface area contributed by atoms with Crippen molar-refractivity contribution in [2.75, 3.05) is 19.8 Å². The molecular formula is C97H108O17Si. The Hall–Kier alpha value is -8.97. The van der Waals surface area contributed by atoms with E-state index in [1.54, 1.807) is 30.3 Å². The second-order valence-electron chi connectivity index (χ2n) is 30.8. The lowest BCUT2D eigenvalue weighted by Gasteiger charge is -2.53. The van der Waals surface area contributed by atoms with E-state index in [2.05, 4.69) is 40.4 Å². The zero-order valence-electron chi connectivity index (χ0n) is 66.3. The van der Waals surface area contributed by atoms with Gasteiger partial charge in [0.2, 0.25) is 0 Å². The van der Waals surface area contributed by atoms with Gasteiger partial charge in [-0.25, -0.2) is 4.79 Å². The average molecular weight is 1570 g/mol. The van der Waals surface area contributed by atoms with E-state index in [-0.39, 0.29) is 89.9 Å². The SMILES string of the molecule is C=CCO[C@@H]1[C@H](O[C@H]2O[C@H](CO[Si](C)(C)C(C)(C)C)[C@@H](OCc3ccccc3)[C@H](OCc3ccccc3)[C@@H]2OC(=O)c2ccccc2)[C@H](OCc2ccccc2)[C@@H](OCc2ccccc2)[C@H](OCc2ccccc2)[C@H]1O[C@H]1O[C@H](COCc2ccccc2)[C@@H](OCc2ccccc2)[C@H](OCc2ccccc2)[C@@H]1OCc1ccccc1. The Morgan fingerprint density at radius 2 is 0.574 bits per heavy atom. The topological polar surface area (TPSA) is 165 Å². The minimum atomic E-state index is -2.61. The fraction of sp³-hybridized carbons (Fsp3) is 0.351. The van der Waals surface area contributed by atoms with E-state index in [0.29, 0.717) is 0 Å². The number of rotatable bonds is 40. The number of carbonyl (C=O) groups excluding carboxylic acids is 1.